The average Bonchev–Trinajstić information content (AvgIpc) is 2.48. The Morgan fingerprint density at radius 3 is 2.64 bits per heavy atom. The van der Waals surface area contributed by atoms with Gasteiger partial charge in [-0.3, -0.25) is 0 Å². The van der Waals surface area contributed by atoms with E-state index in [1.54, 1.807) is 6.08 Å². The lowest BCUT2D eigenvalue weighted by molar-refractivity contribution is -0.276. The molecule has 0 bridgehead atoms. The van der Waals surface area contributed by atoms with Gasteiger partial charge in [-0.05, 0) is 6.42 Å². The molecule has 0 unspecified atom stereocenters. The van der Waals surface area contributed by atoms with Crippen molar-refractivity contribution in [3.05, 3.63) is 48.6 Å². The second kappa shape index (κ2) is 6.80. The van der Waals surface area contributed by atoms with Gasteiger partial charge in [-0.1, -0.05) is 62.0 Å². The first-order chi connectivity index (χ1) is 10.3. The van der Waals surface area contributed by atoms with Crippen LogP contribution in [0.25, 0.3) is 0 Å². The Balaban J connectivity index is 2.21. The Bertz CT molecular complexity index is 567. The number of hydrogen-bond donors (Lipinski definition) is 1. The molecule has 0 aliphatic carbocycles. The third kappa shape index (κ3) is 4.31. The summed E-state index contributed by atoms with van der Waals surface area (Å²) in [4.78, 5) is 0. The highest BCUT2D eigenvalue weighted by molar-refractivity contribution is 6.83. The van der Waals surface area contributed by atoms with Crippen molar-refractivity contribution in [2.24, 2.45) is 0 Å². The van der Waals surface area contributed by atoms with Gasteiger partial charge in [0.25, 0.3) is 0 Å². The van der Waals surface area contributed by atoms with Crippen LogP contribution < -0.4 is 0 Å². The molecule has 0 aromatic heterocycles. The van der Waals surface area contributed by atoms with E-state index in [0.29, 0.717) is 6.42 Å². The number of benzene rings is 1. The van der Waals surface area contributed by atoms with Crippen LogP contribution in [0.15, 0.2) is 43.0 Å². The highest BCUT2D eigenvalue weighted by Crippen LogP contribution is 2.33. The van der Waals surface area contributed by atoms with E-state index in [2.05, 4.69) is 37.7 Å². The number of aliphatic hydroxyl groups is 1. The van der Waals surface area contributed by atoms with Crippen molar-refractivity contribution in [1.29, 1.82) is 0 Å². The zero-order chi connectivity index (χ0) is 16.2. The molecule has 0 spiro atoms. The van der Waals surface area contributed by atoms with Gasteiger partial charge >= 0.3 is 0 Å². The first kappa shape index (κ1) is 17.0. The van der Waals surface area contributed by atoms with Crippen molar-refractivity contribution >= 4 is 8.07 Å². The van der Waals surface area contributed by atoms with Gasteiger partial charge in [0.15, 0.2) is 11.9 Å². The van der Waals surface area contributed by atoms with Crippen molar-refractivity contribution in [3.63, 3.8) is 0 Å². The van der Waals surface area contributed by atoms with Crippen LogP contribution in [0.5, 0.6) is 0 Å². The maximum atomic E-state index is 10.8. The van der Waals surface area contributed by atoms with Crippen LogP contribution in [0.2, 0.25) is 19.6 Å². The van der Waals surface area contributed by atoms with Crippen LogP contribution in [-0.4, -0.2) is 31.5 Å². The van der Waals surface area contributed by atoms with Crippen LogP contribution in [0, 0.1) is 11.5 Å². The lowest BCUT2D eigenvalue weighted by atomic mass is 9.94. The van der Waals surface area contributed by atoms with E-state index in [1.165, 1.54) is 0 Å². The zero-order valence-electron chi connectivity index (χ0n) is 13.5. The summed E-state index contributed by atoms with van der Waals surface area (Å²) in [6.45, 7) is 10.3. The fraction of sp³-hybridized carbons (Fsp3) is 0.444. The lowest BCUT2D eigenvalue weighted by Gasteiger charge is -2.40. The van der Waals surface area contributed by atoms with Crippen LogP contribution in [0.4, 0.5) is 0 Å². The van der Waals surface area contributed by atoms with Crippen LogP contribution in [0.3, 0.4) is 0 Å². The third-order valence-corrected chi connectivity index (χ3v) is 4.26. The SMILES string of the molecule is C=CC[C@@H]1O[C@H](c2ccccc2)OC[C@]1(O)C#C[Si](C)(C)C. The number of hydrogen-bond acceptors (Lipinski definition) is 3. The lowest BCUT2D eigenvalue weighted by Crippen LogP contribution is -2.51. The molecule has 0 radical (unpaired) electrons. The molecular formula is C18H24O3Si. The third-order valence-electron chi connectivity index (χ3n) is 3.38. The predicted molar refractivity (Wildman–Crippen MR) is 90.9 cm³/mol. The van der Waals surface area contributed by atoms with Gasteiger partial charge < -0.3 is 14.6 Å². The minimum Gasteiger partial charge on any atom is -0.373 e. The molecule has 1 fully saturated rings. The molecule has 0 saturated carbocycles. The zero-order valence-corrected chi connectivity index (χ0v) is 14.5. The van der Waals surface area contributed by atoms with Gasteiger partial charge in [-0.15, -0.1) is 12.1 Å². The molecule has 1 saturated heterocycles. The van der Waals surface area contributed by atoms with E-state index < -0.39 is 26.1 Å². The molecule has 118 valence electrons. The van der Waals surface area contributed by atoms with Crippen molar-refractivity contribution in [2.75, 3.05) is 6.61 Å². The molecule has 1 aromatic carbocycles. The minimum absolute atomic E-state index is 0.141. The van der Waals surface area contributed by atoms with Crippen molar-refractivity contribution in [3.8, 4) is 11.5 Å². The molecular weight excluding hydrogens is 292 g/mol. The maximum absolute atomic E-state index is 10.8. The molecule has 4 heteroatoms. The van der Waals surface area contributed by atoms with Gasteiger partial charge in [0, 0.05) is 5.56 Å². The van der Waals surface area contributed by atoms with Gasteiger partial charge in [0.05, 0.1) is 6.61 Å². The Kier molecular flexibility index (Phi) is 5.25. The van der Waals surface area contributed by atoms with Gasteiger partial charge in [0.2, 0.25) is 0 Å². The molecule has 1 aromatic rings. The Morgan fingerprint density at radius 1 is 1.36 bits per heavy atom. The molecule has 3 nitrogen and oxygen atoms in total. The highest BCUT2D eigenvalue weighted by Gasteiger charge is 2.42. The van der Waals surface area contributed by atoms with E-state index >= 15 is 0 Å². The van der Waals surface area contributed by atoms with E-state index in [-0.39, 0.29) is 6.61 Å². The Hall–Kier alpha value is -1.38. The minimum atomic E-state index is -1.58. The monoisotopic (exact) mass is 316 g/mol. The number of ether oxygens (including phenoxy) is 2. The fourth-order valence-electron chi connectivity index (χ4n) is 2.20. The molecule has 1 heterocycles. The first-order valence-electron chi connectivity index (χ1n) is 7.54. The Labute approximate surface area is 134 Å². The summed E-state index contributed by atoms with van der Waals surface area (Å²) in [6, 6.07) is 9.73. The second-order valence-electron chi connectivity index (χ2n) is 6.63. The van der Waals surface area contributed by atoms with E-state index in [9.17, 15) is 5.11 Å². The maximum Gasteiger partial charge on any atom is 0.184 e. The molecule has 2 rings (SSSR count). The van der Waals surface area contributed by atoms with Crippen LogP contribution in [-0.2, 0) is 9.47 Å². The molecule has 22 heavy (non-hydrogen) atoms. The number of rotatable bonds is 3. The summed E-state index contributed by atoms with van der Waals surface area (Å²) in [7, 11) is -1.58. The standard InChI is InChI=1S/C18H24O3Si/c1-5-9-16-18(19,12-13-22(2,3)4)14-20-17(21-16)15-10-7-6-8-11-15/h5-8,10-11,16-17,19H,1,9,14H2,2-4H3/t16-,17+,18+/m0/s1. The summed E-state index contributed by atoms with van der Waals surface area (Å²) in [5.74, 6) is 3.01. The van der Waals surface area contributed by atoms with Crippen molar-refractivity contribution < 1.29 is 14.6 Å². The molecule has 1 N–H and O–H groups in total. The molecule has 0 amide bonds. The summed E-state index contributed by atoms with van der Waals surface area (Å²) >= 11 is 0. The average molecular weight is 316 g/mol. The predicted octanol–water partition coefficient (Wildman–Crippen LogP) is 3.29. The largest absolute Gasteiger partial charge is 0.373 e. The second-order valence-corrected chi connectivity index (χ2v) is 11.4. The van der Waals surface area contributed by atoms with Crippen molar-refractivity contribution in [1.82, 2.24) is 0 Å². The summed E-state index contributed by atoms with van der Waals surface area (Å²) in [5.41, 5.74) is 2.88. The molecule has 3 atom stereocenters. The normalized spacial score (nSPS) is 28.5. The van der Waals surface area contributed by atoms with Crippen LogP contribution >= 0.6 is 0 Å². The first-order valence-corrected chi connectivity index (χ1v) is 11.0. The molecule has 1 aliphatic heterocycles. The van der Waals surface area contributed by atoms with Crippen LogP contribution in [0.1, 0.15) is 18.3 Å². The van der Waals surface area contributed by atoms with Crippen molar-refractivity contribution in [2.45, 2.75) is 44.1 Å². The Morgan fingerprint density at radius 2 is 2.05 bits per heavy atom. The fourth-order valence-corrected chi connectivity index (χ4v) is 2.79. The van der Waals surface area contributed by atoms with E-state index in [0.717, 1.165) is 5.56 Å². The summed E-state index contributed by atoms with van der Waals surface area (Å²) in [5, 5.41) is 10.8. The summed E-state index contributed by atoms with van der Waals surface area (Å²) < 4.78 is 11.7. The van der Waals surface area contributed by atoms with Gasteiger partial charge in [0.1, 0.15) is 14.2 Å². The van der Waals surface area contributed by atoms with Gasteiger partial charge in [-0.25, -0.2) is 0 Å². The highest BCUT2D eigenvalue weighted by atomic mass is 28.3. The molecule has 1 aliphatic rings. The topological polar surface area (TPSA) is 38.7 Å². The van der Waals surface area contributed by atoms with E-state index in [1.807, 2.05) is 30.3 Å². The van der Waals surface area contributed by atoms with E-state index in [4.69, 9.17) is 9.47 Å². The summed E-state index contributed by atoms with van der Waals surface area (Å²) in [6.07, 6.45) is 1.37. The smallest absolute Gasteiger partial charge is 0.184 e. The quantitative estimate of drug-likeness (QED) is 0.528. The van der Waals surface area contributed by atoms with Gasteiger partial charge in [-0.2, -0.15) is 0 Å².